The number of rotatable bonds is 7. The van der Waals surface area contributed by atoms with Crippen LogP contribution in [-0.4, -0.2) is 31.4 Å². The van der Waals surface area contributed by atoms with Crippen molar-refractivity contribution in [3.05, 3.63) is 29.8 Å². The van der Waals surface area contributed by atoms with E-state index in [0.29, 0.717) is 6.04 Å². The second kappa shape index (κ2) is 7.39. The van der Waals surface area contributed by atoms with Gasteiger partial charge in [-0.3, -0.25) is 0 Å². The van der Waals surface area contributed by atoms with Crippen LogP contribution in [0.2, 0.25) is 0 Å². The van der Waals surface area contributed by atoms with E-state index in [9.17, 15) is 5.11 Å². The maximum absolute atomic E-state index is 9.52. The van der Waals surface area contributed by atoms with Crippen molar-refractivity contribution in [3.8, 4) is 0 Å². The average Bonchev–Trinajstić information content (AvgIpc) is 2.39. The first-order valence-electron chi connectivity index (χ1n) is 6.63. The minimum absolute atomic E-state index is 0.407. The number of nitrogens with zero attached hydrogens (tertiary/aromatic N) is 1. The van der Waals surface area contributed by atoms with Crippen molar-refractivity contribution < 1.29 is 9.84 Å². The van der Waals surface area contributed by atoms with Crippen LogP contribution >= 0.6 is 0 Å². The van der Waals surface area contributed by atoms with E-state index in [-0.39, 0.29) is 0 Å². The predicted octanol–water partition coefficient (Wildman–Crippen LogP) is 2.99. The SMILES string of the molecule is CCC(C)N(CCOC)c1ccc(C(C)O)cc1. The summed E-state index contributed by atoms with van der Waals surface area (Å²) < 4.78 is 5.17. The van der Waals surface area contributed by atoms with Gasteiger partial charge in [0.25, 0.3) is 0 Å². The van der Waals surface area contributed by atoms with Crippen LogP contribution in [0.25, 0.3) is 0 Å². The maximum Gasteiger partial charge on any atom is 0.0761 e. The monoisotopic (exact) mass is 251 g/mol. The molecule has 0 radical (unpaired) electrons. The molecule has 0 saturated carbocycles. The molecule has 3 nitrogen and oxygen atoms in total. The van der Waals surface area contributed by atoms with Crippen molar-refractivity contribution in [1.82, 2.24) is 0 Å². The van der Waals surface area contributed by atoms with Crippen LogP contribution in [0.15, 0.2) is 24.3 Å². The average molecular weight is 251 g/mol. The Balaban J connectivity index is 2.83. The quantitative estimate of drug-likeness (QED) is 0.808. The molecular weight excluding hydrogens is 226 g/mol. The van der Waals surface area contributed by atoms with Gasteiger partial charge in [-0.1, -0.05) is 19.1 Å². The Morgan fingerprint density at radius 1 is 1.22 bits per heavy atom. The third-order valence-electron chi connectivity index (χ3n) is 3.37. The summed E-state index contributed by atoms with van der Waals surface area (Å²) in [4.78, 5) is 2.34. The van der Waals surface area contributed by atoms with Gasteiger partial charge in [0.05, 0.1) is 12.7 Å². The van der Waals surface area contributed by atoms with E-state index in [1.165, 1.54) is 5.69 Å². The number of benzene rings is 1. The zero-order chi connectivity index (χ0) is 13.5. The maximum atomic E-state index is 9.52. The predicted molar refractivity (Wildman–Crippen MR) is 76.1 cm³/mol. The van der Waals surface area contributed by atoms with E-state index >= 15 is 0 Å². The fourth-order valence-electron chi connectivity index (χ4n) is 1.96. The van der Waals surface area contributed by atoms with E-state index in [4.69, 9.17) is 4.74 Å². The van der Waals surface area contributed by atoms with E-state index < -0.39 is 6.10 Å². The summed E-state index contributed by atoms with van der Waals surface area (Å²) in [6, 6.07) is 8.61. The first-order chi connectivity index (χ1) is 8.60. The molecule has 0 bridgehead atoms. The second-order valence-electron chi connectivity index (χ2n) is 4.71. The molecule has 1 aromatic rings. The third kappa shape index (κ3) is 4.00. The first-order valence-corrected chi connectivity index (χ1v) is 6.63. The molecule has 3 heteroatoms. The van der Waals surface area contributed by atoms with Gasteiger partial charge in [0.15, 0.2) is 0 Å². The first kappa shape index (κ1) is 15.0. The highest BCUT2D eigenvalue weighted by molar-refractivity contribution is 5.48. The van der Waals surface area contributed by atoms with Crippen LogP contribution in [0, 0.1) is 0 Å². The van der Waals surface area contributed by atoms with Crippen molar-refractivity contribution in [1.29, 1.82) is 0 Å². The fourth-order valence-corrected chi connectivity index (χ4v) is 1.96. The molecular formula is C15H25NO2. The van der Waals surface area contributed by atoms with Crippen LogP contribution in [0.1, 0.15) is 38.9 Å². The van der Waals surface area contributed by atoms with Gasteiger partial charge in [-0.2, -0.15) is 0 Å². The number of hydrogen-bond acceptors (Lipinski definition) is 3. The summed E-state index contributed by atoms with van der Waals surface area (Å²) in [5, 5.41) is 9.52. The molecule has 102 valence electrons. The molecule has 0 heterocycles. The minimum Gasteiger partial charge on any atom is -0.389 e. The molecule has 0 fully saturated rings. The van der Waals surface area contributed by atoms with Gasteiger partial charge < -0.3 is 14.7 Å². The van der Waals surface area contributed by atoms with Gasteiger partial charge in [0.2, 0.25) is 0 Å². The number of anilines is 1. The van der Waals surface area contributed by atoms with Crippen molar-refractivity contribution in [2.45, 2.75) is 39.3 Å². The van der Waals surface area contributed by atoms with E-state index in [2.05, 4.69) is 30.9 Å². The lowest BCUT2D eigenvalue weighted by atomic mass is 10.1. The fraction of sp³-hybridized carbons (Fsp3) is 0.600. The van der Waals surface area contributed by atoms with Crippen molar-refractivity contribution in [2.75, 3.05) is 25.2 Å². The van der Waals surface area contributed by atoms with E-state index in [1.54, 1.807) is 14.0 Å². The minimum atomic E-state index is -0.407. The van der Waals surface area contributed by atoms with Gasteiger partial charge in [0.1, 0.15) is 0 Å². The zero-order valence-corrected chi connectivity index (χ0v) is 11.9. The molecule has 18 heavy (non-hydrogen) atoms. The van der Waals surface area contributed by atoms with Crippen molar-refractivity contribution in [3.63, 3.8) is 0 Å². The molecule has 0 aromatic heterocycles. The topological polar surface area (TPSA) is 32.7 Å². The van der Waals surface area contributed by atoms with Gasteiger partial charge >= 0.3 is 0 Å². The number of aliphatic hydroxyl groups is 1. The van der Waals surface area contributed by atoms with Crippen LogP contribution in [-0.2, 0) is 4.74 Å². The molecule has 2 unspecified atom stereocenters. The van der Waals surface area contributed by atoms with Crippen LogP contribution in [0.4, 0.5) is 5.69 Å². The van der Waals surface area contributed by atoms with Gasteiger partial charge in [-0.05, 0) is 38.0 Å². The Morgan fingerprint density at radius 3 is 2.28 bits per heavy atom. The lowest BCUT2D eigenvalue weighted by molar-refractivity contribution is 0.199. The Morgan fingerprint density at radius 2 is 1.83 bits per heavy atom. The number of aliphatic hydroxyl groups excluding tert-OH is 1. The molecule has 0 saturated heterocycles. The smallest absolute Gasteiger partial charge is 0.0761 e. The van der Waals surface area contributed by atoms with Gasteiger partial charge in [0, 0.05) is 25.4 Å². The lowest BCUT2D eigenvalue weighted by Crippen LogP contribution is -2.35. The number of ether oxygens (including phenoxy) is 1. The summed E-state index contributed by atoms with van der Waals surface area (Å²) in [7, 11) is 1.73. The molecule has 0 amide bonds. The summed E-state index contributed by atoms with van der Waals surface area (Å²) in [6.07, 6.45) is 0.692. The molecule has 2 atom stereocenters. The van der Waals surface area contributed by atoms with Gasteiger partial charge in [-0.15, -0.1) is 0 Å². The van der Waals surface area contributed by atoms with Crippen molar-refractivity contribution >= 4 is 5.69 Å². The molecule has 1 rings (SSSR count). The van der Waals surface area contributed by atoms with Crippen molar-refractivity contribution in [2.24, 2.45) is 0 Å². The highest BCUT2D eigenvalue weighted by Gasteiger charge is 2.13. The zero-order valence-electron chi connectivity index (χ0n) is 11.9. The largest absolute Gasteiger partial charge is 0.389 e. The van der Waals surface area contributed by atoms with Gasteiger partial charge in [-0.25, -0.2) is 0 Å². The Bertz CT molecular complexity index is 335. The molecule has 0 aliphatic rings. The van der Waals surface area contributed by atoms with Crippen LogP contribution in [0.5, 0.6) is 0 Å². The Kier molecular flexibility index (Phi) is 6.16. The molecule has 1 aromatic carbocycles. The highest BCUT2D eigenvalue weighted by Crippen LogP contribution is 2.21. The van der Waals surface area contributed by atoms with Crippen LogP contribution < -0.4 is 4.90 Å². The van der Waals surface area contributed by atoms with Crippen LogP contribution in [0.3, 0.4) is 0 Å². The lowest BCUT2D eigenvalue weighted by Gasteiger charge is -2.30. The summed E-state index contributed by atoms with van der Waals surface area (Å²) in [6.45, 7) is 7.81. The van der Waals surface area contributed by atoms with E-state index in [1.807, 2.05) is 12.1 Å². The Labute approximate surface area is 110 Å². The second-order valence-corrected chi connectivity index (χ2v) is 4.71. The summed E-state index contributed by atoms with van der Waals surface area (Å²) >= 11 is 0. The highest BCUT2D eigenvalue weighted by atomic mass is 16.5. The van der Waals surface area contributed by atoms with E-state index in [0.717, 1.165) is 25.1 Å². The Hall–Kier alpha value is -1.06. The third-order valence-corrected chi connectivity index (χ3v) is 3.37. The number of methoxy groups -OCH3 is 1. The molecule has 0 aliphatic heterocycles. The summed E-state index contributed by atoms with van der Waals surface area (Å²) in [5.74, 6) is 0. The molecule has 0 spiro atoms. The standard InChI is InChI=1S/C15H25NO2/c1-5-12(2)16(10-11-18-4)15-8-6-14(7-9-15)13(3)17/h6-9,12-13,17H,5,10-11H2,1-4H3. The number of hydrogen-bond donors (Lipinski definition) is 1. The summed E-state index contributed by atoms with van der Waals surface area (Å²) in [5.41, 5.74) is 2.14. The normalized spacial score (nSPS) is 14.3. The molecule has 1 N–H and O–H groups in total. The molecule has 0 aliphatic carbocycles.